The zero-order valence-electron chi connectivity index (χ0n) is 9.53. The van der Waals surface area contributed by atoms with E-state index in [0.717, 1.165) is 41.8 Å². The third kappa shape index (κ3) is 2.94. The van der Waals surface area contributed by atoms with Gasteiger partial charge in [0.2, 0.25) is 0 Å². The number of nitrogens with two attached hydrogens (primary N) is 1. The molecule has 2 atom stereocenters. The molecule has 3 nitrogen and oxygen atoms in total. The highest BCUT2D eigenvalue weighted by Gasteiger charge is 2.25. The summed E-state index contributed by atoms with van der Waals surface area (Å²) in [6.07, 6.45) is 3.99. The van der Waals surface area contributed by atoms with E-state index in [0.29, 0.717) is 12.0 Å². The smallest absolute Gasteiger partial charge is 0.113 e. The van der Waals surface area contributed by atoms with Crippen LogP contribution in [0.4, 0.5) is 0 Å². The summed E-state index contributed by atoms with van der Waals surface area (Å²) in [5, 5.41) is 1.11. The van der Waals surface area contributed by atoms with Gasteiger partial charge in [-0.05, 0) is 12.3 Å². The van der Waals surface area contributed by atoms with Crippen LogP contribution in [0.15, 0.2) is 6.20 Å². The van der Waals surface area contributed by atoms with Crippen LogP contribution in [0.1, 0.15) is 24.8 Å². The third-order valence-electron chi connectivity index (χ3n) is 3.29. The number of hydrogen-bond donors (Lipinski definition) is 1. The van der Waals surface area contributed by atoms with E-state index in [1.165, 1.54) is 0 Å². The zero-order chi connectivity index (χ0) is 11.5. The molecule has 1 aliphatic heterocycles. The van der Waals surface area contributed by atoms with Crippen LogP contribution in [0.2, 0.25) is 4.34 Å². The van der Waals surface area contributed by atoms with Crippen molar-refractivity contribution in [3.8, 4) is 0 Å². The molecule has 5 heteroatoms. The lowest BCUT2D eigenvalue weighted by atomic mass is 9.91. The Kier molecular flexibility index (Phi) is 4.19. The molecule has 1 fully saturated rings. The minimum atomic E-state index is 0.376. The van der Waals surface area contributed by atoms with Crippen molar-refractivity contribution in [2.24, 2.45) is 11.7 Å². The van der Waals surface area contributed by atoms with E-state index in [9.17, 15) is 0 Å². The van der Waals surface area contributed by atoms with Crippen LogP contribution in [-0.2, 0) is 6.54 Å². The predicted molar refractivity (Wildman–Crippen MR) is 68.8 cm³/mol. The van der Waals surface area contributed by atoms with E-state index in [4.69, 9.17) is 17.3 Å². The normalized spacial score (nSPS) is 27.2. The number of hydrogen-bond acceptors (Lipinski definition) is 4. The molecule has 2 N–H and O–H groups in total. The van der Waals surface area contributed by atoms with Gasteiger partial charge in [0.15, 0.2) is 0 Å². The molecule has 2 rings (SSSR count). The molecule has 2 unspecified atom stereocenters. The van der Waals surface area contributed by atoms with Crippen LogP contribution < -0.4 is 5.73 Å². The van der Waals surface area contributed by atoms with Crippen molar-refractivity contribution < 1.29 is 0 Å². The highest BCUT2D eigenvalue weighted by Crippen LogP contribution is 2.23. The number of thiazole rings is 1. The van der Waals surface area contributed by atoms with Gasteiger partial charge in [-0.3, -0.25) is 4.90 Å². The summed E-state index contributed by atoms with van der Waals surface area (Å²) in [4.78, 5) is 6.73. The number of aromatic nitrogens is 1. The summed E-state index contributed by atoms with van der Waals surface area (Å²) in [5.41, 5.74) is 6.09. The van der Waals surface area contributed by atoms with Crippen molar-refractivity contribution in [3.63, 3.8) is 0 Å². The average Bonchev–Trinajstić information content (AvgIpc) is 2.67. The Bertz CT molecular complexity index is 342. The van der Waals surface area contributed by atoms with E-state index < -0.39 is 0 Å². The Morgan fingerprint density at radius 1 is 1.69 bits per heavy atom. The van der Waals surface area contributed by atoms with Gasteiger partial charge in [-0.15, -0.1) is 11.3 Å². The first-order valence-electron chi connectivity index (χ1n) is 5.77. The van der Waals surface area contributed by atoms with Crippen molar-refractivity contribution in [1.29, 1.82) is 0 Å². The quantitative estimate of drug-likeness (QED) is 0.906. The standard InChI is InChI=1S/C11H18ClN3S/c1-2-8-6-15(4-3-9(8)13)7-11-14-5-10(12)16-11/h5,8-9H,2-4,6-7,13H2,1H3. The van der Waals surface area contributed by atoms with Crippen molar-refractivity contribution >= 4 is 22.9 Å². The third-order valence-corrected chi connectivity index (χ3v) is 4.39. The summed E-state index contributed by atoms with van der Waals surface area (Å²) < 4.78 is 0.774. The molecule has 0 radical (unpaired) electrons. The van der Waals surface area contributed by atoms with Crippen LogP contribution in [-0.4, -0.2) is 29.0 Å². The molecule has 0 bridgehead atoms. The van der Waals surface area contributed by atoms with E-state index in [1.54, 1.807) is 17.5 Å². The second-order valence-electron chi connectivity index (χ2n) is 4.41. The summed E-state index contributed by atoms with van der Waals surface area (Å²) >= 11 is 7.45. The molecule has 0 aliphatic carbocycles. The maximum absolute atomic E-state index is 6.09. The lowest BCUT2D eigenvalue weighted by Crippen LogP contribution is -2.46. The molecular weight excluding hydrogens is 242 g/mol. The van der Waals surface area contributed by atoms with E-state index in [2.05, 4.69) is 16.8 Å². The molecule has 0 amide bonds. The fourth-order valence-electron chi connectivity index (χ4n) is 2.25. The molecule has 0 spiro atoms. The average molecular weight is 260 g/mol. The van der Waals surface area contributed by atoms with E-state index in [1.807, 2.05) is 0 Å². The number of piperidine rings is 1. The van der Waals surface area contributed by atoms with Gasteiger partial charge < -0.3 is 5.73 Å². The van der Waals surface area contributed by atoms with E-state index in [-0.39, 0.29) is 0 Å². The molecule has 0 aromatic carbocycles. The fourth-order valence-corrected chi connectivity index (χ4v) is 3.25. The Labute approximate surface area is 106 Å². The van der Waals surface area contributed by atoms with Gasteiger partial charge in [0.1, 0.15) is 9.34 Å². The van der Waals surface area contributed by atoms with Crippen molar-refractivity contribution in [1.82, 2.24) is 9.88 Å². The van der Waals surface area contributed by atoms with Gasteiger partial charge in [0.25, 0.3) is 0 Å². The van der Waals surface area contributed by atoms with Crippen LogP contribution in [0.25, 0.3) is 0 Å². The first-order valence-corrected chi connectivity index (χ1v) is 6.96. The Morgan fingerprint density at radius 3 is 3.12 bits per heavy atom. The Balaban J connectivity index is 1.91. The highest BCUT2D eigenvalue weighted by molar-refractivity contribution is 7.15. The van der Waals surface area contributed by atoms with Crippen LogP contribution in [0.5, 0.6) is 0 Å². The fraction of sp³-hybridized carbons (Fsp3) is 0.727. The van der Waals surface area contributed by atoms with Gasteiger partial charge in [-0.1, -0.05) is 24.9 Å². The number of likely N-dealkylation sites (tertiary alicyclic amines) is 1. The van der Waals surface area contributed by atoms with Gasteiger partial charge in [-0.2, -0.15) is 0 Å². The van der Waals surface area contributed by atoms with Crippen molar-refractivity contribution in [3.05, 3.63) is 15.5 Å². The monoisotopic (exact) mass is 259 g/mol. The summed E-state index contributed by atoms with van der Waals surface area (Å²) in [5.74, 6) is 0.629. The maximum Gasteiger partial charge on any atom is 0.113 e. The van der Waals surface area contributed by atoms with Gasteiger partial charge in [0.05, 0.1) is 12.7 Å². The number of halogens is 1. The van der Waals surface area contributed by atoms with Gasteiger partial charge >= 0.3 is 0 Å². The molecule has 90 valence electrons. The van der Waals surface area contributed by atoms with Crippen molar-refractivity contribution in [2.45, 2.75) is 32.4 Å². The second kappa shape index (κ2) is 5.45. The summed E-state index contributed by atoms with van der Waals surface area (Å²) in [6, 6.07) is 0.376. The first-order chi connectivity index (χ1) is 7.69. The summed E-state index contributed by atoms with van der Waals surface area (Å²) in [6.45, 7) is 5.30. The predicted octanol–water partition coefficient (Wildman–Crippen LogP) is 2.36. The van der Waals surface area contributed by atoms with Crippen LogP contribution in [0.3, 0.4) is 0 Å². The molecule has 0 saturated carbocycles. The van der Waals surface area contributed by atoms with Gasteiger partial charge in [-0.25, -0.2) is 4.98 Å². The largest absolute Gasteiger partial charge is 0.327 e. The minimum Gasteiger partial charge on any atom is -0.327 e. The molecule has 2 heterocycles. The summed E-state index contributed by atoms with van der Waals surface area (Å²) in [7, 11) is 0. The lowest BCUT2D eigenvalue weighted by molar-refractivity contribution is 0.145. The zero-order valence-corrected chi connectivity index (χ0v) is 11.1. The SMILES string of the molecule is CCC1CN(Cc2ncc(Cl)s2)CCC1N. The van der Waals surface area contributed by atoms with Crippen LogP contribution >= 0.6 is 22.9 Å². The lowest BCUT2D eigenvalue weighted by Gasteiger charge is -2.36. The first kappa shape index (κ1) is 12.3. The van der Waals surface area contributed by atoms with Crippen LogP contribution in [0, 0.1) is 5.92 Å². The van der Waals surface area contributed by atoms with E-state index >= 15 is 0 Å². The molecule has 1 aromatic rings. The highest BCUT2D eigenvalue weighted by atomic mass is 35.5. The molecule has 1 aliphatic rings. The molecule has 1 aromatic heterocycles. The molecule has 16 heavy (non-hydrogen) atoms. The topological polar surface area (TPSA) is 42.2 Å². The Hall–Kier alpha value is -0.160. The molecule has 1 saturated heterocycles. The Morgan fingerprint density at radius 2 is 2.50 bits per heavy atom. The van der Waals surface area contributed by atoms with Crippen molar-refractivity contribution in [2.75, 3.05) is 13.1 Å². The number of nitrogens with zero attached hydrogens (tertiary/aromatic N) is 2. The maximum atomic E-state index is 6.09. The number of rotatable bonds is 3. The minimum absolute atomic E-state index is 0.376. The van der Waals surface area contributed by atoms with Gasteiger partial charge in [0, 0.05) is 19.1 Å². The molecular formula is C11H18ClN3S. The second-order valence-corrected chi connectivity index (χ2v) is 6.16.